The number of para-hydroxylation sites is 1. The molecule has 3 rings (SSSR count). The fourth-order valence-corrected chi connectivity index (χ4v) is 3.88. The van der Waals surface area contributed by atoms with Gasteiger partial charge in [-0.15, -0.1) is 0 Å². The van der Waals surface area contributed by atoms with Gasteiger partial charge in [-0.3, -0.25) is 9.69 Å². The first kappa shape index (κ1) is 17.2. The van der Waals surface area contributed by atoms with Crippen LogP contribution in [0.1, 0.15) is 19.8 Å². The Morgan fingerprint density at radius 2 is 2.08 bits per heavy atom. The molecule has 1 aromatic carbocycles. The molecule has 2 heterocycles. The molecule has 1 aliphatic heterocycles. The summed E-state index contributed by atoms with van der Waals surface area (Å²) in [5.74, 6) is 0.245. The van der Waals surface area contributed by atoms with Crippen molar-refractivity contribution in [2.24, 2.45) is 0 Å². The first-order chi connectivity index (χ1) is 11.6. The minimum Gasteiger partial charge on any atom is -0.480 e. The summed E-state index contributed by atoms with van der Waals surface area (Å²) < 4.78 is 1.01. The van der Waals surface area contributed by atoms with E-state index >= 15 is 0 Å². The summed E-state index contributed by atoms with van der Waals surface area (Å²) in [6.07, 6.45) is 1.94. The quantitative estimate of drug-likeness (QED) is 0.846. The fraction of sp³-hybridized carbons (Fsp3) is 0.444. The zero-order valence-corrected chi connectivity index (χ0v) is 15.4. The van der Waals surface area contributed by atoms with Crippen LogP contribution in [0.5, 0.6) is 0 Å². The van der Waals surface area contributed by atoms with Crippen molar-refractivity contribution in [2.75, 3.05) is 31.1 Å². The van der Waals surface area contributed by atoms with Crippen LogP contribution in [0, 0.1) is 0 Å². The monoisotopic (exact) mass is 391 g/mol. The molecule has 0 spiro atoms. The van der Waals surface area contributed by atoms with Gasteiger partial charge in [0.2, 0.25) is 0 Å². The van der Waals surface area contributed by atoms with Crippen molar-refractivity contribution in [1.82, 2.24) is 9.88 Å². The van der Waals surface area contributed by atoms with Crippen molar-refractivity contribution in [3.05, 3.63) is 34.8 Å². The molecule has 1 N–H and O–H groups in total. The molecule has 128 valence electrons. The number of hydrogen-bond acceptors (Lipinski definition) is 4. The largest absolute Gasteiger partial charge is 0.480 e. The molecule has 0 atom stereocenters. The van der Waals surface area contributed by atoms with Crippen LogP contribution >= 0.6 is 15.9 Å². The Kier molecular flexibility index (Phi) is 5.36. The molecule has 0 radical (unpaired) electrons. The van der Waals surface area contributed by atoms with E-state index in [1.807, 2.05) is 19.1 Å². The van der Waals surface area contributed by atoms with Crippen molar-refractivity contribution < 1.29 is 9.90 Å². The first-order valence-electron chi connectivity index (χ1n) is 8.34. The number of anilines is 1. The lowest BCUT2D eigenvalue weighted by atomic mass is 10.0. The average molecular weight is 392 g/mol. The number of nitrogens with zero attached hydrogens (tertiary/aromatic N) is 3. The van der Waals surface area contributed by atoms with Crippen LogP contribution < -0.4 is 4.90 Å². The zero-order chi connectivity index (χ0) is 17.1. The second kappa shape index (κ2) is 7.49. The summed E-state index contributed by atoms with van der Waals surface area (Å²) in [5, 5.41) is 10.2. The van der Waals surface area contributed by atoms with Crippen molar-refractivity contribution in [3.63, 3.8) is 0 Å². The molecule has 0 amide bonds. The Morgan fingerprint density at radius 3 is 2.75 bits per heavy atom. The van der Waals surface area contributed by atoms with Gasteiger partial charge in [-0.1, -0.05) is 19.1 Å². The lowest BCUT2D eigenvalue weighted by Crippen LogP contribution is -2.46. The molecular weight excluding hydrogens is 370 g/mol. The Hall–Kier alpha value is -1.66. The average Bonchev–Trinajstić information content (AvgIpc) is 2.60. The van der Waals surface area contributed by atoms with Crippen LogP contribution in [0.3, 0.4) is 0 Å². The molecule has 1 saturated heterocycles. The molecule has 5 nitrogen and oxygen atoms in total. The number of halogens is 1. The number of carbonyl (C=O) groups is 1. The normalized spacial score (nSPS) is 16.0. The summed E-state index contributed by atoms with van der Waals surface area (Å²) >= 11 is 3.57. The van der Waals surface area contributed by atoms with E-state index in [9.17, 15) is 4.79 Å². The molecular formula is C18H22BrN3O2. The summed E-state index contributed by atoms with van der Waals surface area (Å²) in [4.78, 5) is 20.2. The first-order valence-corrected chi connectivity index (χ1v) is 9.14. The van der Waals surface area contributed by atoms with E-state index in [1.54, 1.807) is 0 Å². The van der Waals surface area contributed by atoms with E-state index in [2.05, 4.69) is 43.9 Å². The highest BCUT2D eigenvalue weighted by molar-refractivity contribution is 9.10. The van der Waals surface area contributed by atoms with Crippen molar-refractivity contribution in [2.45, 2.75) is 25.8 Å². The SMILES string of the molecule is CCN(CC(=O)O)C1CCN(c2ccc3cccc(Br)c3n2)CC1. The van der Waals surface area contributed by atoms with Crippen LogP contribution in [-0.2, 0) is 4.79 Å². The number of hydrogen-bond donors (Lipinski definition) is 1. The van der Waals surface area contributed by atoms with Gasteiger partial charge < -0.3 is 10.0 Å². The number of carboxylic acids is 1. The van der Waals surface area contributed by atoms with Gasteiger partial charge in [0.05, 0.1) is 12.1 Å². The van der Waals surface area contributed by atoms with Gasteiger partial charge >= 0.3 is 5.97 Å². The Balaban J connectivity index is 1.70. The van der Waals surface area contributed by atoms with Crippen LogP contribution in [-0.4, -0.2) is 53.2 Å². The Labute approximate surface area is 150 Å². The maximum absolute atomic E-state index is 11.0. The Morgan fingerprint density at radius 1 is 1.33 bits per heavy atom. The molecule has 1 aliphatic rings. The van der Waals surface area contributed by atoms with Crippen LogP contribution in [0.4, 0.5) is 5.82 Å². The van der Waals surface area contributed by atoms with E-state index < -0.39 is 5.97 Å². The number of fused-ring (bicyclic) bond motifs is 1. The van der Waals surface area contributed by atoms with Crippen LogP contribution in [0.2, 0.25) is 0 Å². The minimum absolute atomic E-state index is 0.127. The van der Waals surface area contributed by atoms with Gasteiger partial charge in [-0.05, 0) is 53.5 Å². The predicted octanol–water partition coefficient (Wildman–Crippen LogP) is 3.37. The van der Waals surface area contributed by atoms with E-state index in [-0.39, 0.29) is 6.54 Å². The maximum Gasteiger partial charge on any atom is 0.317 e. The third-order valence-electron chi connectivity index (χ3n) is 4.71. The van der Waals surface area contributed by atoms with Gasteiger partial charge in [0.15, 0.2) is 0 Å². The van der Waals surface area contributed by atoms with Gasteiger partial charge in [0.25, 0.3) is 0 Å². The predicted molar refractivity (Wildman–Crippen MR) is 99.6 cm³/mol. The fourth-order valence-electron chi connectivity index (χ4n) is 3.41. The van der Waals surface area contributed by atoms with Crippen LogP contribution in [0.25, 0.3) is 10.9 Å². The molecule has 0 saturated carbocycles. The number of pyridine rings is 1. The lowest BCUT2D eigenvalue weighted by Gasteiger charge is -2.38. The summed E-state index contributed by atoms with van der Waals surface area (Å²) in [5.41, 5.74) is 0.984. The highest BCUT2D eigenvalue weighted by Gasteiger charge is 2.25. The molecule has 1 fully saturated rings. The third-order valence-corrected chi connectivity index (χ3v) is 5.35. The van der Waals surface area contributed by atoms with Crippen molar-refractivity contribution >= 4 is 38.6 Å². The van der Waals surface area contributed by atoms with Crippen LogP contribution in [0.15, 0.2) is 34.8 Å². The number of aliphatic carboxylic acids is 1. The van der Waals surface area contributed by atoms with E-state index in [1.165, 1.54) is 0 Å². The molecule has 6 heteroatoms. The molecule has 24 heavy (non-hydrogen) atoms. The minimum atomic E-state index is -0.750. The number of aromatic nitrogens is 1. The smallest absolute Gasteiger partial charge is 0.317 e. The topological polar surface area (TPSA) is 56.7 Å². The van der Waals surface area contributed by atoms with Gasteiger partial charge in [0.1, 0.15) is 5.82 Å². The highest BCUT2D eigenvalue weighted by atomic mass is 79.9. The maximum atomic E-state index is 11.0. The van der Waals surface area contributed by atoms with E-state index in [4.69, 9.17) is 10.1 Å². The van der Waals surface area contributed by atoms with Gasteiger partial charge in [-0.2, -0.15) is 0 Å². The number of likely N-dealkylation sites (N-methyl/N-ethyl adjacent to an activating group) is 1. The second-order valence-electron chi connectivity index (χ2n) is 6.16. The lowest BCUT2D eigenvalue weighted by molar-refractivity contribution is -0.139. The number of piperidine rings is 1. The molecule has 0 bridgehead atoms. The Bertz CT molecular complexity index is 729. The van der Waals surface area contributed by atoms with E-state index in [0.717, 1.165) is 53.7 Å². The van der Waals surface area contributed by atoms with Gasteiger partial charge in [0, 0.05) is 29.0 Å². The number of benzene rings is 1. The standard InChI is InChI=1S/C18H22BrN3O2/c1-2-21(12-17(23)24)14-8-10-22(11-9-14)16-7-6-13-4-3-5-15(19)18(13)20-16/h3-7,14H,2,8-12H2,1H3,(H,23,24). The van der Waals surface area contributed by atoms with E-state index in [0.29, 0.717) is 6.04 Å². The zero-order valence-electron chi connectivity index (χ0n) is 13.8. The molecule has 2 aromatic rings. The summed E-state index contributed by atoms with van der Waals surface area (Å²) in [6, 6.07) is 10.6. The van der Waals surface area contributed by atoms with Crippen molar-refractivity contribution in [3.8, 4) is 0 Å². The highest BCUT2D eigenvalue weighted by Crippen LogP contribution is 2.27. The molecule has 0 unspecified atom stereocenters. The second-order valence-corrected chi connectivity index (χ2v) is 7.01. The molecule has 0 aliphatic carbocycles. The van der Waals surface area contributed by atoms with Crippen molar-refractivity contribution in [1.29, 1.82) is 0 Å². The summed E-state index contributed by atoms with van der Waals surface area (Å²) in [6.45, 7) is 4.74. The third kappa shape index (κ3) is 3.70. The summed E-state index contributed by atoms with van der Waals surface area (Å²) in [7, 11) is 0. The molecule has 1 aromatic heterocycles. The van der Waals surface area contributed by atoms with Gasteiger partial charge in [-0.25, -0.2) is 4.98 Å². The number of rotatable bonds is 5. The number of carboxylic acid groups (broad SMARTS) is 1.